The normalized spacial score (nSPS) is 12.4. The van der Waals surface area contributed by atoms with Gasteiger partial charge in [0, 0.05) is 16.8 Å². The fraction of sp³-hybridized carbons (Fsp3) is 0.148. The van der Waals surface area contributed by atoms with E-state index < -0.39 is 0 Å². The molecule has 0 heterocycles. The van der Waals surface area contributed by atoms with Crippen molar-refractivity contribution in [3.8, 4) is 11.5 Å². The van der Waals surface area contributed by atoms with Crippen LogP contribution in [-0.2, 0) is 4.79 Å². The van der Waals surface area contributed by atoms with Gasteiger partial charge in [-0.05, 0) is 54.8 Å². The lowest BCUT2D eigenvalue weighted by molar-refractivity contribution is -0.118. The summed E-state index contributed by atoms with van der Waals surface area (Å²) in [6, 6.07) is 17.5. The molecule has 0 aliphatic heterocycles. The molecular formula is C27H23NO5. The van der Waals surface area contributed by atoms with Gasteiger partial charge in [-0.2, -0.15) is 0 Å². The molecule has 1 aliphatic rings. The molecule has 3 aromatic rings. The minimum atomic E-state index is -0.295. The van der Waals surface area contributed by atoms with Crippen molar-refractivity contribution < 1.29 is 23.9 Å². The second-order valence-electron chi connectivity index (χ2n) is 7.76. The molecule has 0 saturated heterocycles. The number of hydrogen-bond donors (Lipinski definition) is 1. The predicted molar refractivity (Wildman–Crippen MR) is 126 cm³/mol. The lowest BCUT2D eigenvalue weighted by atomic mass is 10.1. The van der Waals surface area contributed by atoms with Crippen LogP contribution >= 0.6 is 0 Å². The summed E-state index contributed by atoms with van der Waals surface area (Å²) >= 11 is 0. The molecular weight excluding hydrogens is 418 g/mol. The van der Waals surface area contributed by atoms with Crippen molar-refractivity contribution in [2.45, 2.75) is 13.8 Å². The number of benzene rings is 3. The van der Waals surface area contributed by atoms with Crippen molar-refractivity contribution in [1.82, 2.24) is 0 Å². The molecule has 6 nitrogen and oxygen atoms in total. The first kappa shape index (κ1) is 22.0. The molecule has 1 aliphatic carbocycles. The van der Waals surface area contributed by atoms with Crippen molar-refractivity contribution in [3.63, 3.8) is 0 Å². The highest BCUT2D eigenvalue weighted by atomic mass is 16.5. The number of amides is 1. The van der Waals surface area contributed by atoms with E-state index in [4.69, 9.17) is 9.47 Å². The number of nitrogens with one attached hydrogen (secondary N) is 1. The molecule has 0 saturated carbocycles. The molecule has 0 spiro atoms. The maximum atomic E-state index is 12.6. The number of ether oxygens (including phenoxy) is 2. The first-order valence-corrected chi connectivity index (χ1v) is 10.5. The Morgan fingerprint density at radius 1 is 0.909 bits per heavy atom. The second-order valence-corrected chi connectivity index (χ2v) is 7.76. The lowest BCUT2D eigenvalue weighted by Gasteiger charge is -2.13. The average molecular weight is 441 g/mol. The molecule has 0 radical (unpaired) electrons. The van der Waals surface area contributed by atoms with Crippen molar-refractivity contribution >= 4 is 29.2 Å². The first-order chi connectivity index (χ1) is 15.9. The van der Waals surface area contributed by atoms with Crippen LogP contribution in [0.5, 0.6) is 11.5 Å². The topological polar surface area (TPSA) is 81.7 Å². The van der Waals surface area contributed by atoms with Gasteiger partial charge in [-0.25, -0.2) is 0 Å². The number of anilines is 1. The van der Waals surface area contributed by atoms with E-state index >= 15 is 0 Å². The molecule has 4 rings (SSSR count). The van der Waals surface area contributed by atoms with Crippen LogP contribution < -0.4 is 14.8 Å². The van der Waals surface area contributed by atoms with Crippen molar-refractivity contribution in [2.24, 2.45) is 0 Å². The van der Waals surface area contributed by atoms with E-state index in [2.05, 4.69) is 5.32 Å². The summed E-state index contributed by atoms with van der Waals surface area (Å²) in [5, 5.41) is 2.85. The highest BCUT2D eigenvalue weighted by Crippen LogP contribution is 2.32. The Morgan fingerprint density at radius 3 is 2.27 bits per heavy atom. The summed E-state index contributed by atoms with van der Waals surface area (Å²) in [7, 11) is 1.48. The molecule has 0 unspecified atom stereocenters. The average Bonchev–Trinajstić information content (AvgIpc) is 3.06. The van der Waals surface area contributed by atoms with Crippen LogP contribution in [0, 0.1) is 13.8 Å². The zero-order chi connectivity index (χ0) is 23.5. The Labute approximate surface area is 191 Å². The molecule has 0 aromatic heterocycles. The largest absolute Gasteiger partial charge is 0.493 e. The van der Waals surface area contributed by atoms with Crippen LogP contribution in [0.25, 0.3) is 6.08 Å². The molecule has 1 N–H and O–H groups in total. The summed E-state index contributed by atoms with van der Waals surface area (Å²) in [6.07, 6.45) is 1.55. The third-order valence-electron chi connectivity index (χ3n) is 5.64. The number of allylic oxidation sites excluding steroid dienone is 1. The number of carbonyl (C=O) groups is 3. The van der Waals surface area contributed by atoms with E-state index in [1.54, 1.807) is 48.5 Å². The number of fused-ring (bicyclic) bond motifs is 1. The molecule has 1 amide bonds. The van der Waals surface area contributed by atoms with Gasteiger partial charge in [-0.15, -0.1) is 0 Å². The minimum Gasteiger partial charge on any atom is -0.493 e. The van der Waals surface area contributed by atoms with Gasteiger partial charge < -0.3 is 14.8 Å². The summed E-state index contributed by atoms with van der Waals surface area (Å²) in [5.74, 6) is -0.115. The molecule has 3 aromatic carbocycles. The van der Waals surface area contributed by atoms with Gasteiger partial charge in [0.25, 0.3) is 5.91 Å². The van der Waals surface area contributed by atoms with E-state index in [9.17, 15) is 14.4 Å². The van der Waals surface area contributed by atoms with Crippen LogP contribution in [0.2, 0.25) is 0 Å². The lowest BCUT2D eigenvalue weighted by Crippen LogP contribution is -2.21. The fourth-order valence-corrected chi connectivity index (χ4v) is 3.68. The monoisotopic (exact) mass is 441 g/mol. The van der Waals surface area contributed by atoms with Gasteiger partial charge in [0.2, 0.25) is 0 Å². The first-order valence-electron chi connectivity index (χ1n) is 10.5. The van der Waals surface area contributed by atoms with Crippen molar-refractivity contribution in [2.75, 3.05) is 19.0 Å². The summed E-state index contributed by atoms with van der Waals surface area (Å²) in [5.41, 5.74) is 4.38. The SMILES string of the molecule is COc1cc(C=C2C(=O)c3ccccc3C2=O)ccc1OCC(=O)Nc1cccc(C)c1C. The predicted octanol–water partition coefficient (Wildman–Crippen LogP) is 4.79. The summed E-state index contributed by atoms with van der Waals surface area (Å²) in [6.45, 7) is 3.73. The Bertz CT molecular complexity index is 1270. The van der Waals surface area contributed by atoms with Crippen LogP contribution in [-0.4, -0.2) is 31.2 Å². The number of aryl methyl sites for hydroxylation is 1. The Morgan fingerprint density at radius 2 is 1.61 bits per heavy atom. The van der Waals surface area contributed by atoms with Crippen LogP contribution in [0.4, 0.5) is 5.69 Å². The summed E-state index contributed by atoms with van der Waals surface area (Å²) < 4.78 is 11.1. The minimum absolute atomic E-state index is 0.111. The summed E-state index contributed by atoms with van der Waals surface area (Å²) in [4.78, 5) is 37.6. The zero-order valence-corrected chi connectivity index (χ0v) is 18.6. The second kappa shape index (κ2) is 9.12. The van der Waals surface area contributed by atoms with Gasteiger partial charge in [-0.1, -0.05) is 42.5 Å². The van der Waals surface area contributed by atoms with Crippen molar-refractivity contribution in [1.29, 1.82) is 0 Å². The van der Waals surface area contributed by atoms with Crippen LogP contribution in [0.3, 0.4) is 0 Å². The number of carbonyl (C=O) groups excluding carboxylic acids is 3. The molecule has 0 fully saturated rings. The molecule has 6 heteroatoms. The number of methoxy groups -OCH3 is 1. The third-order valence-corrected chi connectivity index (χ3v) is 5.64. The van der Waals surface area contributed by atoms with E-state index in [1.165, 1.54) is 7.11 Å². The van der Waals surface area contributed by atoms with Gasteiger partial charge in [0.1, 0.15) is 0 Å². The number of rotatable bonds is 6. The number of Topliss-reactive ketones (excluding diaryl/α,β-unsaturated/α-hetero) is 2. The Kier molecular flexibility index (Phi) is 6.09. The molecule has 0 atom stereocenters. The highest BCUT2D eigenvalue weighted by Gasteiger charge is 2.32. The van der Waals surface area contributed by atoms with E-state index in [-0.39, 0.29) is 29.7 Å². The van der Waals surface area contributed by atoms with Crippen molar-refractivity contribution in [3.05, 3.63) is 94.1 Å². The van der Waals surface area contributed by atoms with Gasteiger partial charge in [-0.3, -0.25) is 14.4 Å². The van der Waals surface area contributed by atoms with Gasteiger partial charge in [0.05, 0.1) is 12.7 Å². The smallest absolute Gasteiger partial charge is 0.262 e. The quantitative estimate of drug-likeness (QED) is 0.439. The molecule has 0 bridgehead atoms. The maximum absolute atomic E-state index is 12.6. The standard InChI is InChI=1S/C27H23NO5/c1-16-7-6-10-22(17(16)2)28-25(29)15-33-23-12-11-18(14-24(23)32-3)13-21-26(30)19-8-4-5-9-20(19)27(21)31/h4-14H,15H2,1-3H3,(H,28,29). The zero-order valence-electron chi connectivity index (χ0n) is 18.6. The molecule has 33 heavy (non-hydrogen) atoms. The van der Waals surface area contributed by atoms with E-state index in [1.807, 2.05) is 32.0 Å². The Hall–Kier alpha value is -4.19. The maximum Gasteiger partial charge on any atom is 0.262 e. The van der Waals surface area contributed by atoms with E-state index in [0.29, 0.717) is 28.2 Å². The fourth-order valence-electron chi connectivity index (χ4n) is 3.68. The molecule has 166 valence electrons. The van der Waals surface area contributed by atoms with Gasteiger partial charge in [0.15, 0.2) is 29.7 Å². The van der Waals surface area contributed by atoms with Gasteiger partial charge >= 0.3 is 0 Å². The highest BCUT2D eigenvalue weighted by molar-refractivity contribution is 6.41. The Balaban J connectivity index is 1.48. The van der Waals surface area contributed by atoms with E-state index in [0.717, 1.165) is 16.8 Å². The number of hydrogen-bond acceptors (Lipinski definition) is 5. The van der Waals surface area contributed by atoms with Crippen LogP contribution in [0.1, 0.15) is 37.4 Å². The third kappa shape index (κ3) is 4.41. The van der Waals surface area contributed by atoms with Crippen LogP contribution in [0.15, 0.2) is 66.2 Å². The number of ketones is 2.